The van der Waals surface area contributed by atoms with Crippen molar-refractivity contribution in [3.63, 3.8) is 0 Å². The van der Waals surface area contributed by atoms with Crippen LogP contribution in [0.15, 0.2) is 6.20 Å². The minimum absolute atomic E-state index is 0.130. The number of hydrogen-bond donors (Lipinski definition) is 1. The van der Waals surface area contributed by atoms with Gasteiger partial charge < -0.3 is 14.5 Å². The zero-order valence-electron chi connectivity index (χ0n) is 12.2. The number of nitrogens with zero attached hydrogens (tertiary/aromatic N) is 2. The van der Waals surface area contributed by atoms with E-state index in [9.17, 15) is 0 Å². The second-order valence-electron chi connectivity index (χ2n) is 6.79. The molecule has 1 aliphatic carbocycles. The SMILES string of the molecule is CN(C)C1(Cn2c(C(C)(C)C)c[nH]c2=S)CCC1. The van der Waals surface area contributed by atoms with E-state index >= 15 is 0 Å². The predicted molar refractivity (Wildman–Crippen MR) is 78.6 cm³/mol. The van der Waals surface area contributed by atoms with E-state index in [0.717, 1.165) is 11.3 Å². The quantitative estimate of drug-likeness (QED) is 0.849. The molecule has 0 aromatic carbocycles. The normalized spacial score (nSPS) is 19.0. The molecule has 1 saturated carbocycles. The first-order valence-corrected chi connectivity index (χ1v) is 7.13. The van der Waals surface area contributed by atoms with Gasteiger partial charge in [-0.05, 0) is 45.6 Å². The molecule has 2 rings (SSSR count). The van der Waals surface area contributed by atoms with Crippen molar-refractivity contribution in [2.75, 3.05) is 14.1 Å². The minimum Gasteiger partial charge on any atom is -0.337 e. The Morgan fingerprint density at radius 1 is 1.39 bits per heavy atom. The van der Waals surface area contributed by atoms with Gasteiger partial charge in [-0.3, -0.25) is 0 Å². The highest BCUT2D eigenvalue weighted by Crippen LogP contribution is 2.38. The summed E-state index contributed by atoms with van der Waals surface area (Å²) in [7, 11) is 4.37. The summed E-state index contributed by atoms with van der Waals surface area (Å²) >= 11 is 5.46. The lowest BCUT2D eigenvalue weighted by Gasteiger charge is -2.48. The van der Waals surface area contributed by atoms with Crippen molar-refractivity contribution in [1.82, 2.24) is 14.5 Å². The molecule has 102 valence electrons. The number of aromatic amines is 1. The molecular formula is C14H25N3S. The Hall–Kier alpha value is -0.610. The van der Waals surface area contributed by atoms with E-state index in [1.807, 2.05) is 0 Å². The highest BCUT2D eigenvalue weighted by Gasteiger charge is 2.40. The van der Waals surface area contributed by atoms with E-state index in [4.69, 9.17) is 12.2 Å². The fourth-order valence-electron chi connectivity index (χ4n) is 2.80. The standard InChI is InChI=1S/C14H25N3S/c1-13(2,3)11-9-15-12(18)17(11)10-14(16(4)5)7-6-8-14/h9H,6-8,10H2,1-5H3,(H,15,18). The lowest BCUT2D eigenvalue weighted by Crippen LogP contribution is -2.53. The molecule has 0 aliphatic heterocycles. The molecule has 1 aromatic heterocycles. The van der Waals surface area contributed by atoms with Crippen LogP contribution in [0.1, 0.15) is 45.7 Å². The van der Waals surface area contributed by atoms with Crippen LogP contribution in [0.5, 0.6) is 0 Å². The number of nitrogens with one attached hydrogen (secondary N) is 1. The molecule has 1 heterocycles. The first-order valence-electron chi connectivity index (χ1n) is 6.72. The lowest BCUT2D eigenvalue weighted by atomic mass is 9.75. The van der Waals surface area contributed by atoms with Crippen LogP contribution < -0.4 is 0 Å². The monoisotopic (exact) mass is 267 g/mol. The highest BCUT2D eigenvalue weighted by atomic mass is 32.1. The van der Waals surface area contributed by atoms with Crippen LogP contribution in [0.3, 0.4) is 0 Å². The van der Waals surface area contributed by atoms with Crippen molar-refractivity contribution in [3.8, 4) is 0 Å². The Kier molecular flexibility index (Phi) is 3.45. The summed E-state index contributed by atoms with van der Waals surface area (Å²) in [5.41, 5.74) is 1.74. The molecular weight excluding hydrogens is 242 g/mol. The molecule has 0 radical (unpaired) electrons. The van der Waals surface area contributed by atoms with Crippen molar-refractivity contribution < 1.29 is 0 Å². The molecule has 3 nitrogen and oxygen atoms in total. The van der Waals surface area contributed by atoms with E-state index < -0.39 is 0 Å². The van der Waals surface area contributed by atoms with Crippen LogP contribution in [-0.2, 0) is 12.0 Å². The van der Waals surface area contributed by atoms with Crippen molar-refractivity contribution >= 4 is 12.2 Å². The predicted octanol–water partition coefficient (Wildman–Crippen LogP) is 3.33. The zero-order chi connectivity index (χ0) is 13.6. The first kappa shape index (κ1) is 13.8. The highest BCUT2D eigenvalue weighted by molar-refractivity contribution is 7.71. The number of aromatic nitrogens is 2. The van der Waals surface area contributed by atoms with Crippen LogP contribution in [0.2, 0.25) is 0 Å². The fourth-order valence-corrected chi connectivity index (χ4v) is 3.02. The molecule has 1 aliphatic rings. The van der Waals surface area contributed by atoms with Crippen molar-refractivity contribution in [3.05, 3.63) is 16.7 Å². The summed E-state index contributed by atoms with van der Waals surface area (Å²) in [4.78, 5) is 5.59. The summed E-state index contributed by atoms with van der Waals surface area (Å²) < 4.78 is 3.15. The van der Waals surface area contributed by atoms with Crippen LogP contribution in [0, 0.1) is 4.77 Å². The summed E-state index contributed by atoms with van der Waals surface area (Å²) in [5.74, 6) is 0. The molecule has 1 aromatic rings. The van der Waals surface area contributed by atoms with Gasteiger partial charge in [-0.1, -0.05) is 20.8 Å². The summed E-state index contributed by atoms with van der Waals surface area (Å²) in [6, 6.07) is 0. The van der Waals surface area contributed by atoms with Gasteiger partial charge in [0.05, 0.1) is 0 Å². The number of rotatable bonds is 3. The summed E-state index contributed by atoms with van der Waals surface area (Å²) in [5, 5.41) is 0. The number of imidazole rings is 1. The van der Waals surface area contributed by atoms with E-state index in [2.05, 4.69) is 55.5 Å². The molecule has 1 N–H and O–H groups in total. The van der Waals surface area contributed by atoms with E-state index in [1.54, 1.807) is 0 Å². The van der Waals surface area contributed by atoms with Crippen LogP contribution in [0.4, 0.5) is 0 Å². The zero-order valence-corrected chi connectivity index (χ0v) is 13.0. The van der Waals surface area contributed by atoms with Crippen LogP contribution >= 0.6 is 12.2 Å². The maximum Gasteiger partial charge on any atom is 0.177 e. The Morgan fingerprint density at radius 2 is 2.00 bits per heavy atom. The van der Waals surface area contributed by atoms with Gasteiger partial charge in [0.2, 0.25) is 0 Å². The van der Waals surface area contributed by atoms with Crippen LogP contribution in [-0.4, -0.2) is 34.1 Å². The third-order valence-electron chi connectivity index (χ3n) is 4.32. The third kappa shape index (κ3) is 2.28. The number of H-pyrrole nitrogens is 1. The molecule has 0 atom stereocenters. The van der Waals surface area contributed by atoms with E-state index in [1.165, 1.54) is 25.0 Å². The number of likely N-dealkylation sites (N-methyl/N-ethyl adjacent to an activating group) is 1. The molecule has 0 bridgehead atoms. The lowest BCUT2D eigenvalue weighted by molar-refractivity contribution is 0.0406. The average Bonchev–Trinajstić information content (AvgIpc) is 2.52. The molecule has 1 fully saturated rings. The summed E-state index contributed by atoms with van der Waals surface area (Å²) in [6.07, 6.45) is 5.96. The maximum atomic E-state index is 5.46. The Morgan fingerprint density at radius 3 is 2.39 bits per heavy atom. The Bertz CT molecular complexity index is 472. The Labute approximate surface area is 115 Å². The van der Waals surface area contributed by atoms with Gasteiger partial charge in [0.25, 0.3) is 0 Å². The third-order valence-corrected chi connectivity index (χ3v) is 4.66. The summed E-state index contributed by atoms with van der Waals surface area (Å²) in [6.45, 7) is 7.73. The average molecular weight is 267 g/mol. The molecule has 4 heteroatoms. The van der Waals surface area contributed by atoms with Crippen molar-refractivity contribution in [2.45, 2.75) is 57.5 Å². The topological polar surface area (TPSA) is 24.0 Å². The van der Waals surface area contributed by atoms with E-state index in [-0.39, 0.29) is 5.41 Å². The molecule has 0 saturated heterocycles. The molecule has 0 spiro atoms. The molecule has 18 heavy (non-hydrogen) atoms. The van der Waals surface area contributed by atoms with Crippen LogP contribution in [0.25, 0.3) is 0 Å². The van der Waals surface area contributed by atoms with Crippen molar-refractivity contribution in [1.29, 1.82) is 0 Å². The number of hydrogen-bond acceptors (Lipinski definition) is 2. The smallest absolute Gasteiger partial charge is 0.177 e. The van der Waals surface area contributed by atoms with E-state index in [0.29, 0.717) is 5.54 Å². The van der Waals surface area contributed by atoms with Crippen molar-refractivity contribution in [2.24, 2.45) is 0 Å². The maximum absolute atomic E-state index is 5.46. The Balaban J connectivity index is 2.35. The van der Waals surface area contributed by atoms with Gasteiger partial charge in [-0.2, -0.15) is 0 Å². The fraction of sp³-hybridized carbons (Fsp3) is 0.786. The van der Waals surface area contributed by atoms with Gasteiger partial charge in [0.1, 0.15) is 0 Å². The van der Waals surface area contributed by atoms with Gasteiger partial charge in [-0.15, -0.1) is 0 Å². The van der Waals surface area contributed by atoms with Gasteiger partial charge in [0.15, 0.2) is 4.77 Å². The molecule has 0 amide bonds. The largest absolute Gasteiger partial charge is 0.337 e. The first-order chi connectivity index (χ1) is 8.26. The minimum atomic E-state index is 0.130. The second-order valence-corrected chi connectivity index (χ2v) is 7.17. The van der Waals surface area contributed by atoms with Gasteiger partial charge in [-0.25, -0.2) is 0 Å². The van der Waals surface area contributed by atoms with Gasteiger partial charge >= 0.3 is 0 Å². The molecule has 0 unspecified atom stereocenters. The van der Waals surface area contributed by atoms with Gasteiger partial charge in [0, 0.05) is 29.4 Å². The second kappa shape index (κ2) is 4.49.